The minimum Gasteiger partial charge on any atom is -0.462 e. The van der Waals surface area contributed by atoms with E-state index in [0.29, 0.717) is 19.3 Å². The van der Waals surface area contributed by atoms with Crippen LogP contribution in [-0.2, 0) is 28.6 Å². The molecule has 0 fully saturated rings. The molecule has 0 aromatic rings. The first kappa shape index (κ1) is 71.4. The van der Waals surface area contributed by atoms with Crippen LogP contribution in [0.25, 0.3) is 0 Å². The molecular formula is C67H130O6. The molecule has 0 aromatic heterocycles. The van der Waals surface area contributed by atoms with Crippen LogP contribution in [0.15, 0.2) is 0 Å². The Bertz CT molecular complexity index is 1090. The van der Waals surface area contributed by atoms with Crippen molar-refractivity contribution in [3.05, 3.63) is 0 Å². The average molecular weight is 1030 g/mol. The third-order valence-corrected chi connectivity index (χ3v) is 15.6. The molecule has 0 aromatic carbocycles. The van der Waals surface area contributed by atoms with Crippen molar-refractivity contribution in [3.63, 3.8) is 0 Å². The third-order valence-electron chi connectivity index (χ3n) is 15.6. The topological polar surface area (TPSA) is 78.9 Å². The minimum atomic E-state index is -0.761. The molecule has 0 bridgehead atoms. The lowest BCUT2D eigenvalue weighted by molar-refractivity contribution is -0.167. The normalized spacial score (nSPS) is 11.9. The summed E-state index contributed by atoms with van der Waals surface area (Å²) in [4.78, 5) is 38.2. The summed E-state index contributed by atoms with van der Waals surface area (Å²) < 4.78 is 16.9. The van der Waals surface area contributed by atoms with Gasteiger partial charge in [0, 0.05) is 19.3 Å². The molecule has 0 aliphatic rings. The van der Waals surface area contributed by atoms with Crippen molar-refractivity contribution in [1.82, 2.24) is 0 Å². The van der Waals surface area contributed by atoms with Crippen LogP contribution in [0.4, 0.5) is 0 Å². The Morgan fingerprint density at radius 2 is 0.370 bits per heavy atom. The van der Waals surface area contributed by atoms with Crippen LogP contribution in [-0.4, -0.2) is 37.2 Å². The molecule has 0 rings (SSSR count). The number of rotatable bonds is 63. The van der Waals surface area contributed by atoms with E-state index in [2.05, 4.69) is 20.8 Å². The highest BCUT2D eigenvalue weighted by atomic mass is 16.6. The first-order valence-electron chi connectivity index (χ1n) is 33.5. The highest BCUT2D eigenvalue weighted by molar-refractivity contribution is 5.71. The number of ether oxygens (including phenoxy) is 3. The molecule has 0 aliphatic heterocycles. The summed E-state index contributed by atoms with van der Waals surface area (Å²) in [5, 5.41) is 0. The monoisotopic (exact) mass is 1030 g/mol. The molecule has 0 saturated heterocycles. The predicted octanol–water partition coefficient (Wildman–Crippen LogP) is 22.7. The van der Waals surface area contributed by atoms with E-state index in [9.17, 15) is 14.4 Å². The van der Waals surface area contributed by atoms with E-state index in [4.69, 9.17) is 14.2 Å². The lowest BCUT2D eigenvalue weighted by Gasteiger charge is -2.18. The van der Waals surface area contributed by atoms with Crippen molar-refractivity contribution in [3.8, 4) is 0 Å². The summed E-state index contributed by atoms with van der Waals surface area (Å²) in [6.45, 7) is 6.70. The van der Waals surface area contributed by atoms with Crippen LogP contribution >= 0.6 is 0 Å². The Labute approximate surface area is 457 Å². The fraction of sp³-hybridized carbons (Fsp3) is 0.955. The van der Waals surface area contributed by atoms with Crippen molar-refractivity contribution in [2.24, 2.45) is 0 Å². The summed E-state index contributed by atoms with van der Waals surface area (Å²) in [7, 11) is 0. The molecule has 0 saturated carbocycles. The van der Waals surface area contributed by atoms with E-state index in [1.165, 1.54) is 295 Å². The van der Waals surface area contributed by atoms with Gasteiger partial charge in [-0.25, -0.2) is 0 Å². The van der Waals surface area contributed by atoms with E-state index in [1.807, 2.05) is 0 Å². The van der Waals surface area contributed by atoms with Crippen LogP contribution < -0.4 is 0 Å². The Morgan fingerprint density at radius 3 is 0.548 bits per heavy atom. The van der Waals surface area contributed by atoms with Gasteiger partial charge in [-0.15, -0.1) is 0 Å². The average Bonchev–Trinajstić information content (AvgIpc) is 3.39. The molecule has 0 heterocycles. The molecule has 73 heavy (non-hydrogen) atoms. The second-order valence-electron chi connectivity index (χ2n) is 23.1. The number of unbranched alkanes of at least 4 members (excludes halogenated alkanes) is 52. The molecule has 0 aliphatic carbocycles. The molecule has 6 nitrogen and oxygen atoms in total. The predicted molar refractivity (Wildman–Crippen MR) is 317 cm³/mol. The first-order valence-corrected chi connectivity index (χ1v) is 33.5. The highest BCUT2D eigenvalue weighted by Crippen LogP contribution is 2.19. The first-order chi connectivity index (χ1) is 36.0. The van der Waals surface area contributed by atoms with Gasteiger partial charge >= 0.3 is 17.9 Å². The van der Waals surface area contributed by atoms with Gasteiger partial charge in [0.15, 0.2) is 6.10 Å². The zero-order chi connectivity index (χ0) is 52.9. The summed E-state index contributed by atoms with van der Waals surface area (Å²) in [5.41, 5.74) is 0. The van der Waals surface area contributed by atoms with E-state index < -0.39 is 6.10 Å². The summed E-state index contributed by atoms with van der Waals surface area (Å²) in [6.07, 6.45) is 72.9. The lowest BCUT2D eigenvalue weighted by atomic mass is 10.0. The van der Waals surface area contributed by atoms with Crippen LogP contribution in [0.1, 0.15) is 393 Å². The molecule has 6 heteroatoms. The molecule has 0 spiro atoms. The molecule has 434 valence electrons. The standard InChI is InChI=1S/C67H130O6/c1-4-7-10-13-16-19-22-24-26-27-28-29-30-31-32-33-34-35-36-37-38-39-40-41-42-44-45-48-51-54-57-60-66(69)72-63-64(62-71-65(68)59-56-53-50-47-21-18-15-12-9-6-3)73-67(70)61-58-55-52-49-46-43-25-23-20-17-14-11-8-5-2/h64H,4-63H2,1-3H3. The molecule has 0 N–H and O–H groups in total. The van der Waals surface area contributed by atoms with E-state index in [1.54, 1.807) is 0 Å². The van der Waals surface area contributed by atoms with Crippen molar-refractivity contribution >= 4 is 17.9 Å². The van der Waals surface area contributed by atoms with Crippen LogP contribution in [0.5, 0.6) is 0 Å². The quantitative estimate of drug-likeness (QED) is 0.0343. The van der Waals surface area contributed by atoms with Gasteiger partial charge in [0.1, 0.15) is 13.2 Å². The number of carbonyl (C=O) groups excluding carboxylic acids is 3. The van der Waals surface area contributed by atoms with E-state index in [0.717, 1.165) is 57.8 Å². The second kappa shape index (κ2) is 62.9. The zero-order valence-electron chi connectivity index (χ0n) is 50.0. The molecule has 1 atom stereocenters. The maximum absolute atomic E-state index is 12.8. The van der Waals surface area contributed by atoms with Gasteiger partial charge in [-0.3, -0.25) is 14.4 Å². The maximum atomic E-state index is 12.8. The van der Waals surface area contributed by atoms with E-state index in [-0.39, 0.29) is 31.1 Å². The van der Waals surface area contributed by atoms with Gasteiger partial charge in [-0.1, -0.05) is 355 Å². The van der Waals surface area contributed by atoms with Crippen LogP contribution in [0.2, 0.25) is 0 Å². The van der Waals surface area contributed by atoms with Crippen molar-refractivity contribution < 1.29 is 28.6 Å². The van der Waals surface area contributed by atoms with E-state index >= 15 is 0 Å². The van der Waals surface area contributed by atoms with Crippen molar-refractivity contribution in [1.29, 1.82) is 0 Å². The van der Waals surface area contributed by atoms with Gasteiger partial charge in [0.05, 0.1) is 0 Å². The molecular weight excluding hydrogens is 901 g/mol. The summed E-state index contributed by atoms with van der Waals surface area (Å²) in [6, 6.07) is 0. The molecule has 0 amide bonds. The molecule has 1 unspecified atom stereocenters. The Hall–Kier alpha value is -1.59. The minimum absolute atomic E-state index is 0.0611. The number of hydrogen-bond acceptors (Lipinski definition) is 6. The maximum Gasteiger partial charge on any atom is 0.306 e. The fourth-order valence-electron chi connectivity index (χ4n) is 10.6. The summed E-state index contributed by atoms with van der Waals surface area (Å²) >= 11 is 0. The highest BCUT2D eigenvalue weighted by Gasteiger charge is 2.19. The summed E-state index contributed by atoms with van der Waals surface area (Å²) in [5.74, 6) is -0.831. The van der Waals surface area contributed by atoms with Gasteiger partial charge in [-0.05, 0) is 19.3 Å². The lowest BCUT2D eigenvalue weighted by Crippen LogP contribution is -2.30. The van der Waals surface area contributed by atoms with Gasteiger partial charge in [0.2, 0.25) is 0 Å². The van der Waals surface area contributed by atoms with Crippen molar-refractivity contribution in [2.45, 2.75) is 399 Å². The number of esters is 3. The van der Waals surface area contributed by atoms with Gasteiger partial charge in [0.25, 0.3) is 0 Å². The number of hydrogen-bond donors (Lipinski definition) is 0. The van der Waals surface area contributed by atoms with Crippen LogP contribution in [0.3, 0.4) is 0 Å². The molecule has 0 radical (unpaired) electrons. The Kier molecular flexibility index (Phi) is 61.6. The smallest absolute Gasteiger partial charge is 0.306 e. The van der Waals surface area contributed by atoms with Crippen LogP contribution in [0, 0.1) is 0 Å². The van der Waals surface area contributed by atoms with Gasteiger partial charge in [-0.2, -0.15) is 0 Å². The number of carbonyl (C=O) groups is 3. The fourth-order valence-corrected chi connectivity index (χ4v) is 10.6. The largest absolute Gasteiger partial charge is 0.462 e. The Balaban J connectivity index is 4.00. The van der Waals surface area contributed by atoms with Gasteiger partial charge < -0.3 is 14.2 Å². The SMILES string of the molecule is CCCCCCCCCCCCCCCCCCCCCCCCCCCCCCCCCC(=O)OCC(COC(=O)CCCCCCCCCCCC)OC(=O)CCCCCCCCCCCCCCCC. The second-order valence-corrected chi connectivity index (χ2v) is 23.1. The zero-order valence-corrected chi connectivity index (χ0v) is 50.0. The van der Waals surface area contributed by atoms with Crippen molar-refractivity contribution in [2.75, 3.05) is 13.2 Å². The third kappa shape index (κ3) is 61.1. The Morgan fingerprint density at radius 1 is 0.219 bits per heavy atom.